The molecule has 3 heterocycles. The van der Waals surface area contributed by atoms with Gasteiger partial charge in [0.1, 0.15) is 5.82 Å². The molecule has 0 radical (unpaired) electrons. The molecular formula is C19H26N4O5S. The van der Waals surface area contributed by atoms with Gasteiger partial charge in [-0.15, -0.1) is 0 Å². The number of aryl methyl sites for hydroxylation is 4. The van der Waals surface area contributed by atoms with Crippen LogP contribution in [0.25, 0.3) is 0 Å². The zero-order valence-electron chi connectivity index (χ0n) is 17.1. The number of Topliss-reactive ketones (excluding diaryl/α,β-unsaturated/α-hetero) is 1. The Morgan fingerprint density at radius 1 is 1.24 bits per heavy atom. The molecule has 0 aliphatic carbocycles. The van der Waals surface area contributed by atoms with E-state index in [-0.39, 0.29) is 30.5 Å². The summed E-state index contributed by atoms with van der Waals surface area (Å²) in [6.45, 7) is 5.48. The summed E-state index contributed by atoms with van der Waals surface area (Å²) in [4.78, 5) is 31.7. The van der Waals surface area contributed by atoms with Crippen LogP contribution in [0.5, 0.6) is 0 Å². The van der Waals surface area contributed by atoms with Crippen LogP contribution in [0.4, 0.5) is 0 Å². The summed E-state index contributed by atoms with van der Waals surface area (Å²) in [5.74, 6) is -0.534. The number of nitrogens with zero attached hydrogens (tertiary/aromatic N) is 3. The molecule has 1 saturated heterocycles. The van der Waals surface area contributed by atoms with Crippen LogP contribution in [-0.4, -0.2) is 58.7 Å². The number of aromatic amines is 1. The van der Waals surface area contributed by atoms with Crippen LogP contribution < -0.4 is 0 Å². The molecule has 2 aromatic heterocycles. The average Bonchev–Trinajstić information content (AvgIpc) is 3.20. The first kappa shape index (κ1) is 21.3. The van der Waals surface area contributed by atoms with Gasteiger partial charge in [-0.25, -0.2) is 13.4 Å². The Morgan fingerprint density at radius 3 is 2.41 bits per heavy atom. The molecule has 0 spiro atoms. The van der Waals surface area contributed by atoms with Gasteiger partial charge < -0.3 is 14.3 Å². The molecule has 2 aromatic rings. The highest BCUT2D eigenvalue weighted by molar-refractivity contribution is 7.89. The highest BCUT2D eigenvalue weighted by Crippen LogP contribution is 2.24. The van der Waals surface area contributed by atoms with E-state index >= 15 is 0 Å². The van der Waals surface area contributed by atoms with Gasteiger partial charge >= 0.3 is 5.97 Å². The second-order valence-electron chi connectivity index (χ2n) is 7.44. The van der Waals surface area contributed by atoms with Gasteiger partial charge in [0.05, 0.1) is 5.92 Å². The molecule has 0 saturated carbocycles. The number of rotatable bonds is 6. The number of H-pyrrole nitrogens is 1. The van der Waals surface area contributed by atoms with E-state index in [4.69, 9.17) is 4.74 Å². The van der Waals surface area contributed by atoms with Gasteiger partial charge in [-0.1, -0.05) is 0 Å². The summed E-state index contributed by atoms with van der Waals surface area (Å²) in [6.07, 6.45) is 2.18. The molecule has 10 heteroatoms. The Bertz CT molecular complexity index is 1010. The Hall–Kier alpha value is -2.46. The minimum atomic E-state index is -3.69. The van der Waals surface area contributed by atoms with Crippen molar-refractivity contribution in [3.8, 4) is 0 Å². The molecule has 0 amide bonds. The predicted molar refractivity (Wildman–Crippen MR) is 105 cm³/mol. The van der Waals surface area contributed by atoms with Crippen LogP contribution in [-0.2, 0) is 26.6 Å². The summed E-state index contributed by atoms with van der Waals surface area (Å²) in [5.41, 5.74) is 2.13. The highest BCUT2D eigenvalue weighted by atomic mass is 32.2. The van der Waals surface area contributed by atoms with Gasteiger partial charge in [0.15, 0.2) is 11.6 Å². The van der Waals surface area contributed by atoms with E-state index in [9.17, 15) is 18.0 Å². The number of esters is 1. The maximum Gasteiger partial charge on any atom is 0.309 e. The molecule has 158 valence electrons. The first-order valence-corrected chi connectivity index (χ1v) is 10.9. The molecule has 0 unspecified atom stereocenters. The van der Waals surface area contributed by atoms with Crippen LogP contribution in [0.3, 0.4) is 0 Å². The minimum absolute atomic E-state index is 0.0151. The van der Waals surface area contributed by atoms with Crippen molar-refractivity contribution in [3.05, 3.63) is 35.0 Å². The number of ether oxygens (including phenoxy) is 1. The molecule has 3 rings (SSSR count). The van der Waals surface area contributed by atoms with E-state index < -0.39 is 21.9 Å². The van der Waals surface area contributed by atoms with E-state index in [1.54, 1.807) is 31.5 Å². The van der Waals surface area contributed by atoms with Gasteiger partial charge in [0.2, 0.25) is 5.78 Å². The number of carbonyl (C=O) groups excluding carboxylic acids is 2. The number of sulfonamides is 1. The lowest BCUT2D eigenvalue weighted by molar-refractivity contribution is -0.148. The third-order valence-electron chi connectivity index (χ3n) is 5.27. The van der Waals surface area contributed by atoms with Crippen molar-refractivity contribution in [2.45, 2.75) is 38.6 Å². The third-order valence-corrected chi connectivity index (χ3v) is 7.04. The van der Waals surface area contributed by atoms with Gasteiger partial charge in [0.25, 0.3) is 10.0 Å². The second-order valence-corrected chi connectivity index (χ2v) is 9.32. The zero-order valence-corrected chi connectivity index (χ0v) is 17.9. The second kappa shape index (κ2) is 8.11. The van der Waals surface area contributed by atoms with Gasteiger partial charge in [-0.05, 0) is 39.7 Å². The quantitative estimate of drug-likeness (QED) is 0.557. The number of imidazole rings is 1. The largest absolute Gasteiger partial charge is 0.457 e. The van der Waals surface area contributed by atoms with E-state index in [1.807, 2.05) is 6.92 Å². The number of nitrogens with one attached hydrogen (secondary N) is 1. The molecule has 9 nitrogen and oxygen atoms in total. The van der Waals surface area contributed by atoms with E-state index in [2.05, 4.69) is 9.97 Å². The number of ketones is 1. The maximum absolute atomic E-state index is 12.7. The molecule has 0 aromatic carbocycles. The molecule has 1 N–H and O–H groups in total. The fraction of sp³-hybridized carbons (Fsp3) is 0.526. The van der Waals surface area contributed by atoms with E-state index in [1.165, 1.54) is 10.5 Å². The highest BCUT2D eigenvalue weighted by Gasteiger charge is 2.34. The van der Waals surface area contributed by atoms with Crippen molar-refractivity contribution in [2.75, 3.05) is 19.7 Å². The molecule has 1 aliphatic rings. The number of aromatic nitrogens is 3. The molecule has 0 bridgehead atoms. The van der Waals surface area contributed by atoms with Crippen LogP contribution in [0.1, 0.15) is 40.4 Å². The van der Waals surface area contributed by atoms with Crippen molar-refractivity contribution >= 4 is 21.8 Å². The normalized spacial score (nSPS) is 16.1. The topological polar surface area (TPSA) is 114 Å². The standard InChI is InChI=1S/C19H26N4O5S/c1-12-9-16(13(2)20-12)17(24)11-28-19(25)15-5-7-23(8-6-15)29(26,27)18-10-22(4)14(3)21-18/h9-10,15,20H,5-8,11H2,1-4H3. The smallest absolute Gasteiger partial charge is 0.309 e. The SMILES string of the molecule is Cc1cc(C(=O)COC(=O)C2CCN(S(=O)(=O)c3cn(C)c(C)n3)CC2)c(C)[nH]1. The van der Waals surface area contributed by atoms with Crippen LogP contribution in [0, 0.1) is 26.7 Å². The zero-order chi connectivity index (χ0) is 21.3. The van der Waals surface area contributed by atoms with Crippen molar-refractivity contribution in [1.82, 2.24) is 18.8 Å². The Morgan fingerprint density at radius 2 is 1.90 bits per heavy atom. The monoisotopic (exact) mass is 422 g/mol. The molecule has 0 atom stereocenters. The lowest BCUT2D eigenvalue weighted by Crippen LogP contribution is -2.41. The molecule has 1 aliphatic heterocycles. The summed E-state index contributed by atoms with van der Waals surface area (Å²) >= 11 is 0. The van der Waals surface area contributed by atoms with Gasteiger partial charge in [-0.3, -0.25) is 9.59 Å². The Balaban J connectivity index is 1.54. The maximum atomic E-state index is 12.7. The fourth-order valence-electron chi connectivity index (χ4n) is 3.46. The van der Waals surface area contributed by atoms with Crippen molar-refractivity contribution < 1.29 is 22.7 Å². The minimum Gasteiger partial charge on any atom is -0.457 e. The average molecular weight is 423 g/mol. The summed E-state index contributed by atoms with van der Waals surface area (Å²) in [7, 11) is -1.95. The number of hydrogen-bond donors (Lipinski definition) is 1. The van der Waals surface area contributed by atoms with Crippen molar-refractivity contribution in [1.29, 1.82) is 0 Å². The molecule has 29 heavy (non-hydrogen) atoms. The van der Waals surface area contributed by atoms with E-state index in [0.717, 1.165) is 11.4 Å². The van der Waals surface area contributed by atoms with Crippen LogP contribution in [0.15, 0.2) is 17.3 Å². The molecular weight excluding hydrogens is 396 g/mol. The fourth-order valence-corrected chi connectivity index (χ4v) is 4.96. The first-order chi connectivity index (χ1) is 13.6. The number of piperidine rings is 1. The van der Waals surface area contributed by atoms with Gasteiger partial charge in [-0.2, -0.15) is 4.31 Å². The summed E-state index contributed by atoms with van der Waals surface area (Å²) in [6, 6.07) is 1.73. The summed E-state index contributed by atoms with van der Waals surface area (Å²) in [5, 5.41) is 0.0151. The van der Waals surface area contributed by atoms with E-state index in [0.29, 0.717) is 24.2 Å². The van der Waals surface area contributed by atoms with Gasteiger partial charge in [0, 0.05) is 43.3 Å². The Labute approximate surface area is 170 Å². The number of hydrogen-bond acceptors (Lipinski definition) is 6. The van der Waals surface area contributed by atoms with Crippen molar-refractivity contribution in [3.63, 3.8) is 0 Å². The lowest BCUT2D eigenvalue weighted by atomic mass is 9.98. The van der Waals surface area contributed by atoms with Crippen molar-refractivity contribution in [2.24, 2.45) is 13.0 Å². The number of carbonyl (C=O) groups is 2. The predicted octanol–water partition coefficient (Wildman–Crippen LogP) is 1.50. The third kappa shape index (κ3) is 4.43. The Kier molecular flexibility index (Phi) is 5.95. The van der Waals surface area contributed by atoms with Crippen LogP contribution >= 0.6 is 0 Å². The van der Waals surface area contributed by atoms with Crippen LogP contribution in [0.2, 0.25) is 0 Å². The first-order valence-electron chi connectivity index (χ1n) is 9.45. The molecule has 1 fully saturated rings. The summed E-state index contributed by atoms with van der Waals surface area (Å²) < 4.78 is 33.6. The lowest BCUT2D eigenvalue weighted by Gasteiger charge is -2.29.